The quantitative estimate of drug-likeness (QED) is 0.752. The summed E-state index contributed by atoms with van der Waals surface area (Å²) < 4.78 is 44.9. The second-order valence-corrected chi connectivity index (χ2v) is 8.54. The topological polar surface area (TPSA) is 94.3 Å². The van der Waals surface area contributed by atoms with E-state index in [0.717, 1.165) is 17.2 Å². The molecule has 1 atom stereocenters. The van der Waals surface area contributed by atoms with Crippen molar-refractivity contribution in [3.8, 4) is 0 Å². The van der Waals surface area contributed by atoms with Crippen LogP contribution >= 0.6 is 11.8 Å². The van der Waals surface area contributed by atoms with Crippen LogP contribution in [0.1, 0.15) is 6.92 Å². The highest BCUT2D eigenvalue weighted by atomic mass is 32.3. The van der Waals surface area contributed by atoms with Crippen molar-refractivity contribution in [3.05, 3.63) is 32.9 Å². The average Bonchev–Trinajstić information content (AvgIpc) is 2.44. The van der Waals surface area contributed by atoms with Gasteiger partial charge < -0.3 is 0 Å². The Bertz CT molecular complexity index is 637. The molecule has 2 aliphatic rings. The molecule has 1 unspecified atom stereocenters. The minimum atomic E-state index is -3.85. The van der Waals surface area contributed by atoms with Gasteiger partial charge in [0.05, 0.1) is 0 Å². The van der Waals surface area contributed by atoms with Crippen molar-refractivity contribution >= 4 is 31.6 Å². The number of thioether (sulfide) groups is 1. The first-order valence-corrected chi connectivity index (χ1v) is 8.30. The Labute approximate surface area is 98.1 Å². The molecule has 0 aromatic carbocycles. The molecule has 0 amide bonds. The fraction of sp³-hybridized carbons (Fsp3) is 0.250. The van der Waals surface area contributed by atoms with Gasteiger partial charge in [0.15, 0.2) is 9.84 Å². The molecule has 2 heterocycles. The summed E-state index contributed by atoms with van der Waals surface area (Å²) in [6.45, 7) is 1.56. The van der Waals surface area contributed by atoms with E-state index in [4.69, 9.17) is 5.14 Å². The van der Waals surface area contributed by atoms with Crippen LogP contribution < -0.4 is 5.14 Å². The van der Waals surface area contributed by atoms with Crippen molar-refractivity contribution in [1.29, 1.82) is 0 Å². The number of sulfone groups is 1. The van der Waals surface area contributed by atoms with Crippen LogP contribution in [0.25, 0.3) is 0 Å². The zero-order valence-corrected chi connectivity index (χ0v) is 10.7. The third-order valence-electron chi connectivity index (χ3n) is 2.31. The molecule has 0 aromatic rings. The van der Waals surface area contributed by atoms with Crippen LogP contribution in [0.3, 0.4) is 0 Å². The number of nitrogens with two attached hydrogens (primary N) is 1. The summed E-state index contributed by atoms with van der Waals surface area (Å²) in [5.74, 6) is 0. The Hall–Kier alpha value is -0.570. The molecule has 0 radical (unpaired) electrons. The summed E-state index contributed by atoms with van der Waals surface area (Å²) in [7, 11) is -7.28. The summed E-state index contributed by atoms with van der Waals surface area (Å²) in [4.78, 5) is 0. The zero-order valence-electron chi connectivity index (χ0n) is 8.24. The Balaban J connectivity index is 2.61. The first kappa shape index (κ1) is 11.9. The molecule has 0 saturated heterocycles. The highest BCUT2D eigenvalue weighted by molar-refractivity contribution is 8.25. The molecule has 0 bridgehead atoms. The lowest BCUT2D eigenvalue weighted by molar-refractivity contribution is 0.603. The van der Waals surface area contributed by atoms with E-state index in [1.165, 1.54) is 6.08 Å². The Kier molecular flexibility index (Phi) is 2.57. The van der Waals surface area contributed by atoms with Gasteiger partial charge in [0.25, 0.3) is 0 Å². The summed E-state index contributed by atoms with van der Waals surface area (Å²) in [5.41, 5.74) is 0.918. The molecular formula is C8H9NO4S3. The third-order valence-corrected chi connectivity index (χ3v) is 7.59. The van der Waals surface area contributed by atoms with Crippen LogP contribution in [-0.4, -0.2) is 21.4 Å². The van der Waals surface area contributed by atoms with Crippen LogP contribution in [-0.2, 0) is 19.9 Å². The second kappa shape index (κ2) is 3.46. The molecule has 0 aromatic heterocycles. The van der Waals surface area contributed by atoms with Crippen LogP contribution in [0.2, 0.25) is 0 Å². The predicted octanol–water partition coefficient (Wildman–Crippen LogP) is 0.448. The minimum absolute atomic E-state index is 0.0592. The number of primary sulfonamides is 1. The van der Waals surface area contributed by atoms with E-state index in [9.17, 15) is 16.8 Å². The van der Waals surface area contributed by atoms with Gasteiger partial charge in [-0.3, -0.25) is 0 Å². The lowest BCUT2D eigenvalue weighted by Crippen LogP contribution is -2.17. The number of sulfonamides is 1. The molecule has 16 heavy (non-hydrogen) atoms. The fourth-order valence-electron chi connectivity index (χ4n) is 1.60. The van der Waals surface area contributed by atoms with Gasteiger partial charge in [0.2, 0.25) is 10.0 Å². The van der Waals surface area contributed by atoms with Gasteiger partial charge in [-0.25, -0.2) is 22.0 Å². The highest BCUT2D eigenvalue weighted by Gasteiger charge is 2.40. The molecular weight excluding hydrogens is 270 g/mol. The van der Waals surface area contributed by atoms with Gasteiger partial charge in [-0.2, -0.15) is 0 Å². The zero-order chi connectivity index (χ0) is 12.1. The molecule has 0 saturated carbocycles. The summed E-state index contributed by atoms with van der Waals surface area (Å²) in [5, 5.41) is 6.10. The molecule has 88 valence electrons. The fourth-order valence-corrected chi connectivity index (χ4v) is 6.09. The normalized spacial score (nSPS) is 27.9. The average molecular weight is 279 g/mol. The maximum absolute atomic E-state index is 11.7. The Morgan fingerprint density at radius 3 is 2.56 bits per heavy atom. The van der Waals surface area contributed by atoms with Crippen LogP contribution in [0.5, 0.6) is 0 Å². The lowest BCUT2D eigenvalue weighted by Gasteiger charge is -2.13. The first-order chi connectivity index (χ1) is 7.23. The Morgan fingerprint density at radius 2 is 2.06 bits per heavy atom. The predicted molar refractivity (Wildman–Crippen MR) is 63.3 cm³/mol. The molecule has 0 aliphatic carbocycles. The number of rotatable bonds is 1. The van der Waals surface area contributed by atoms with Gasteiger partial charge in [-0.15, -0.1) is 0 Å². The first-order valence-electron chi connectivity index (χ1n) is 4.26. The molecule has 2 N–H and O–H groups in total. The highest BCUT2D eigenvalue weighted by Crippen LogP contribution is 2.47. The van der Waals surface area contributed by atoms with E-state index in [2.05, 4.69) is 0 Å². The molecule has 2 aliphatic heterocycles. The molecule has 5 nitrogen and oxygen atoms in total. The van der Waals surface area contributed by atoms with Crippen molar-refractivity contribution in [2.24, 2.45) is 5.14 Å². The molecule has 2 rings (SSSR count). The second-order valence-electron chi connectivity index (χ2n) is 3.45. The van der Waals surface area contributed by atoms with Gasteiger partial charge >= 0.3 is 0 Å². The molecule has 8 heteroatoms. The molecule has 0 spiro atoms. The SMILES string of the molecule is CC1=C(S(N)(=O)=O)SC2C1=CC=CS2(=O)=O. The van der Waals surface area contributed by atoms with Crippen molar-refractivity contribution in [2.75, 3.05) is 0 Å². The van der Waals surface area contributed by atoms with E-state index in [0.29, 0.717) is 11.1 Å². The van der Waals surface area contributed by atoms with E-state index < -0.39 is 24.4 Å². The minimum Gasteiger partial charge on any atom is -0.224 e. The van der Waals surface area contributed by atoms with Crippen molar-refractivity contribution in [2.45, 2.75) is 11.5 Å². The number of fused-ring (bicyclic) bond motifs is 1. The maximum atomic E-state index is 11.7. The summed E-state index contributed by atoms with van der Waals surface area (Å²) in [6.07, 6.45) is 3.00. The van der Waals surface area contributed by atoms with Gasteiger partial charge in [-0.05, 0) is 18.1 Å². The number of allylic oxidation sites excluding steroid dienone is 3. The standard InChI is InChI=1S/C8H9NO4S3/c1-5-6-3-2-4-15(10,11)8(6)14-7(5)16(9,12)13/h2-4,8H,1H3,(H2,9,12,13). The number of hydrogen-bond acceptors (Lipinski definition) is 5. The van der Waals surface area contributed by atoms with E-state index in [1.807, 2.05) is 0 Å². The van der Waals surface area contributed by atoms with Crippen molar-refractivity contribution in [1.82, 2.24) is 0 Å². The summed E-state index contributed by atoms with van der Waals surface area (Å²) >= 11 is 0.776. The monoisotopic (exact) mass is 279 g/mol. The smallest absolute Gasteiger partial charge is 0.224 e. The van der Waals surface area contributed by atoms with E-state index >= 15 is 0 Å². The Morgan fingerprint density at radius 1 is 1.44 bits per heavy atom. The van der Waals surface area contributed by atoms with Crippen LogP contribution in [0.15, 0.2) is 32.9 Å². The summed E-state index contributed by atoms with van der Waals surface area (Å²) in [6, 6.07) is 0. The van der Waals surface area contributed by atoms with Gasteiger partial charge in [0, 0.05) is 5.41 Å². The van der Waals surface area contributed by atoms with Crippen LogP contribution in [0.4, 0.5) is 0 Å². The third kappa shape index (κ3) is 1.75. The molecule has 0 fully saturated rings. The van der Waals surface area contributed by atoms with E-state index in [1.54, 1.807) is 13.0 Å². The largest absolute Gasteiger partial charge is 0.244 e. The number of hydrogen-bond donors (Lipinski definition) is 1. The van der Waals surface area contributed by atoms with Gasteiger partial charge in [-0.1, -0.05) is 23.9 Å². The lowest BCUT2D eigenvalue weighted by atomic mass is 10.1. The van der Waals surface area contributed by atoms with Crippen molar-refractivity contribution < 1.29 is 16.8 Å². The van der Waals surface area contributed by atoms with Crippen LogP contribution in [0, 0.1) is 0 Å². The van der Waals surface area contributed by atoms with Crippen molar-refractivity contribution in [3.63, 3.8) is 0 Å². The van der Waals surface area contributed by atoms with E-state index in [-0.39, 0.29) is 4.24 Å². The maximum Gasteiger partial charge on any atom is 0.244 e. The van der Waals surface area contributed by atoms with Gasteiger partial charge in [0.1, 0.15) is 8.82 Å².